The van der Waals surface area contributed by atoms with Crippen molar-refractivity contribution in [2.75, 3.05) is 13.7 Å². The van der Waals surface area contributed by atoms with Crippen LogP contribution in [0.3, 0.4) is 0 Å². The van der Waals surface area contributed by atoms with Gasteiger partial charge in [-0.2, -0.15) is 0 Å². The van der Waals surface area contributed by atoms with Crippen LogP contribution in [0.25, 0.3) is 0 Å². The maximum Gasteiger partial charge on any atom is 0.0609 e. The van der Waals surface area contributed by atoms with Crippen LogP contribution in [-0.2, 0) is 4.74 Å². The van der Waals surface area contributed by atoms with Crippen molar-refractivity contribution in [3.8, 4) is 0 Å². The number of methoxy groups -OCH3 is 1. The molecule has 1 heterocycles. The fourth-order valence-corrected chi connectivity index (χ4v) is 2.05. The van der Waals surface area contributed by atoms with E-state index in [-0.39, 0.29) is 0 Å². The molecule has 1 fully saturated rings. The highest BCUT2D eigenvalue weighted by Gasteiger charge is 2.20. The van der Waals surface area contributed by atoms with Crippen LogP contribution in [-0.4, -0.2) is 25.8 Å². The Labute approximate surface area is 82.0 Å². The summed E-state index contributed by atoms with van der Waals surface area (Å²) in [6, 6.07) is 0.695. The Morgan fingerprint density at radius 2 is 2.15 bits per heavy atom. The molecule has 0 aliphatic carbocycles. The number of nitrogens with one attached hydrogen (secondary N) is 1. The first-order valence-corrected chi connectivity index (χ1v) is 5.50. The van der Waals surface area contributed by atoms with E-state index < -0.39 is 0 Å². The van der Waals surface area contributed by atoms with Crippen molar-refractivity contribution in [1.82, 2.24) is 5.32 Å². The second kappa shape index (κ2) is 5.61. The van der Waals surface area contributed by atoms with Gasteiger partial charge in [-0.25, -0.2) is 0 Å². The SMILES string of the molecule is CO[C@@H](C[C@@H]1CCCCN1)C(C)C. The summed E-state index contributed by atoms with van der Waals surface area (Å²) in [6.45, 7) is 5.66. The number of rotatable bonds is 4. The van der Waals surface area contributed by atoms with Gasteiger partial charge >= 0.3 is 0 Å². The van der Waals surface area contributed by atoms with Gasteiger partial charge in [-0.15, -0.1) is 0 Å². The van der Waals surface area contributed by atoms with E-state index in [0.29, 0.717) is 18.1 Å². The van der Waals surface area contributed by atoms with Crippen LogP contribution in [0.1, 0.15) is 39.5 Å². The Morgan fingerprint density at radius 1 is 1.38 bits per heavy atom. The largest absolute Gasteiger partial charge is 0.381 e. The molecule has 2 atom stereocenters. The topological polar surface area (TPSA) is 21.3 Å². The molecule has 0 unspecified atom stereocenters. The molecule has 1 N–H and O–H groups in total. The van der Waals surface area contributed by atoms with E-state index in [1.54, 1.807) is 0 Å². The minimum absolute atomic E-state index is 0.426. The normalized spacial score (nSPS) is 26.3. The van der Waals surface area contributed by atoms with E-state index in [1.165, 1.54) is 32.2 Å². The summed E-state index contributed by atoms with van der Waals surface area (Å²) in [4.78, 5) is 0. The third kappa shape index (κ3) is 3.65. The van der Waals surface area contributed by atoms with Gasteiger partial charge in [0.05, 0.1) is 6.10 Å². The van der Waals surface area contributed by atoms with Crippen LogP contribution < -0.4 is 5.32 Å². The quantitative estimate of drug-likeness (QED) is 0.725. The molecule has 0 radical (unpaired) electrons. The minimum Gasteiger partial charge on any atom is -0.381 e. The molecule has 1 rings (SSSR count). The monoisotopic (exact) mass is 185 g/mol. The summed E-state index contributed by atoms with van der Waals surface area (Å²) in [5, 5.41) is 3.56. The Balaban J connectivity index is 2.27. The first kappa shape index (κ1) is 11.0. The van der Waals surface area contributed by atoms with Crippen LogP contribution in [0.2, 0.25) is 0 Å². The lowest BCUT2D eigenvalue weighted by atomic mass is 9.94. The molecule has 0 amide bonds. The molecule has 0 aromatic carbocycles. The zero-order valence-electron chi connectivity index (χ0n) is 9.18. The number of hydrogen-bond acceptors (Lipinski definition) is 2. The zero-order chi connectivity index (χ0) is 9.68. The van der Waals surface area contributed by atoms with Gasteiger partial charge in [0.15, 0.2) is 0 Å². The minimum atomic E-state index is 0.426. The van der Waals surface area contributed by atoms with Gasteiger partial charge in [-0.05, 0) is 31.7 Å². The van der Waals surface area contributed by atoms with Crippen molar-refractivity contribution < 1.29 is 4.74 Å². The van der Waals surface area contributed by atoms with Gasteiger partial charge in [-0.3, -0.25) is 0 Å². The fraction of sp³-hybridized carbons (Fsp3) is 1.00. The molecule has 1 saturated heterocycles. The Kier molecular flexibility index (Phi) is 4.74. The molecule has 0 aromatic heterocycles. The second-order valence-electron chi connectivity index (χ2n) is 4.40. The molecule has 78 valence electrons. The number of hydrogen-bond donors (Lipinski definition) is 1. The number of piperidine rings is 1. The molecule has 0 aromatic rings. The van der Waals surface area contributed by atoms with Crippen molar-refractivity contribution in [2.45, 2.75) is 51.7 Å². The molecule has 1 aliphatic heterocycles. The maximum absolute atomic E-state index is 5.47. The van der Waals surface area contributed by atoms with E-state index in [4.69, 9.17) is 4.74 Å². The third-order valence-electron chi connectivity index (χ3n) is 2.98. The van der Waals surface area contributed by atoms with Gasteiger partial charge in [0.1, 0.15) is 0 Å². The van der Waals surface area contributed by atoms with E-state index in [1.807, 2.05) is 7.11 Å². The average molecular weight is 185 g/mol. The summed E-state index contributed by atoms with van der Waals surface area (Å²) >= 11 is 0. The Bertz CT molecular complexity index is 130. The van der Waals surface area contributed by atoms with E-state index >= 15 is 0 Å². The van der Waals surface area contributed by atoms with Crippen LogP contribution in [0.4, 0.5) is 0 Å². The summed E-state index contributed by atoms with van der Waals surface area (Å²) < 4.78 is 5.47. The standard InChI is InChI=1S/C11H23NO/c1-9(2)11(13-3)8-10-6-4-5-7-12-10/h9-12H,4-8H2,1-3H3/t10-,11-/m0/s1. The van der Waals surface area contributed by atoms with Crippen molar-refractivity contribution >= 4 is 0 Å². The van der Waals surface area contributed by atoms with Gasteiger partial charge in [0.2, 0.25) is 0 Å². The molecule has 13 heavy (non-hydrogen) atoms. The van der Waals surface area contributed by atoms with Crippen molar-refractivity contribution in [3.05, 3.63) is 0 Å². The molecule has 2 nitrogen and oxygen atoms in total. The summed E-state index contributed by atoms with van der Waals surface area (Å²) in [7, 11) is 1.83. The van der Waals surface area contributed by atoms with Crippen molar-refractivity contribution in [2.24, 2.45) is 5.92 Å². The zero-order valence-corrected chi connectivity index (χ0v) is 9.18. The lowest BCUT2D eigenvalue weighted by molar-refractivity contribution is 0.0469. The van der Waals surface area contributed by atoms with Gasteiger partial charge in [-0.1, -0.05) is 20.3 Å². The smallest absolute Gasteiger partial charge is 0.0609 e. The fourth-order valence-electron chi connectivity index (χ4n) is 2.05. The second-order valence-corrected chi connectivity index (χ2v) is 4.40. The highest BCUT2D eigenvalue weighted by Crippen LogP contribution is 2.17. The van der Waals surface area contributed by atoms with Gasteiger partial charge in [0, 0.05) is 13.2 Å². The molecule has 2 heteroatoms. The predicted octanol–water partition coefficient (Wildman–Crippen LogP) is 2.19. The number of ether oxygens (including phenoxy) is 1. The molecule has 0 saturated carbocycles. The van der Waals surface area contributed by atoms with Crippen LogP contribution in [0.15, 0.2) is 0 Å². The summed E-state index contributed by atoms with van der Waals surface area (Å²) in [5.74, 6) is 0.633. The lowest BCUT2D eigenvalue weighted by Crippen LogP contribution is -2.38. The predicted molar refractivity (Wildman–Crippen MR) is 55.9 cm³/mol. The summed E-state index contributed by atoms with van der Waals surface area (Å²) in [6.07, 6.45) is 5.65. The Hall–Kier alpha value is -0.0800. The first-order chi connectivity index (χ1) is 6.24. The summed E-state index contributed by atoms with van der Waals surface area (Å²) in [5.41, 5.74) is 0. The molecular weight excluding hydrogens is 162 g/mol. The van der Waals surface area contributed by atoms with Crippen LogP contribution in [0, 0.1) is 5.92 Å². The molecule has 0 spiro atoms. The molecule has 0 bridgehead atoms. The highest BCUT2D eigenvalue weighted by molar-refractivity contribution is 4.77. The first-order valence-electron chi connectivity index (χ1n) is 5.50. The molecule has 1 aliphatic rings. The maximum atomic E-state index is 5.47. The van der Waals surface area contributed by atoms with Crippen molar-refractivity contribution in [3.63, 3.8) is 0 Å². The average Bonchev–Trinajstić information content (AvgIpc) is 2.15. The highest BCUT2D eigenvalue weighted by atomic mass is 16.5. The molecular formula is C11H23NO. The van der Waals surface area contributed by atoms with E-state index in [0.717, 1.165) is 0 Å². The van der Waals surface area contributed by atoms with E-state index in [9.17, 15) is 0 Å². The Morgan fingerprint density at radius 3 is 2.62 bits per heavy atom. The van der Waals surface area contributed by atoms with Crippen LogP contribution in [0.5, 0.6) is 0 Å². The third-order valence-corrected chi connectivity index (χ3v) is 2.98. The van der Waals surface area contributed by atoms with Gasteiger partial charge in [0.25, 0.3) is 0 Å². The van der Waals surface area contributed by atoms with Crippen LogP contribution >= 0.6 is 0 Å². The van der Waals surface area contributed by atoms with Crippen molar-refractivity contribution in [1.29, 1.82) is 0 Å². The van der Waals surface area contributed by atoms with E-state index in [2.05, 4.69) is 19.2 Å². The van der Waals surface area contributed by atoms with Gasteiger partial charge < -0.3 is 10.1 Å². The lowest BCUT2D eigenvalue weighted by Gasteiger charge is -2.28.